The van der Waals surface area contributed by atoms with E-state index in [4.69, 9.17) is 15.2 Å². The summed E-state index contributed by atoms with van der Waals surface area (Å²) in [6.07, 6.45) is -2.05. The first-order valence-electron chi connectivity index (χ1n) is 9.75. The molecule has 2 aliphatic heterocycles. The Bertz CT molecular complexity index is 1040. The third-order valence-electron chi connectivity index (χ3n) is 5.40. The summed E-state index contributed by atoms with van der Waals surface area (Å²) in [7, 11) is 0. The molecule has 0 unspecified atom stereocenters. The van der Waals surface area contributed by atoms with Crippen LogP contribution in [0.2, 0.25) is 0 Å². The van der Waals surface area contributed by atoms with Crippen LogP contribution in [-0.2, 0) is 15.1 Å². The van der Waals surface area contributed by atoms with Crippen LogP contribution in [-0.4, -0.2) is 53.3 Å². The normalized spacial score (nSPS) is 20.4. The minimum Gasteiger partial charge on any atom is -0.490 e. The Morgan fingerprint density at radius 1 is 1.35 bits per heavy atom. The Balaban J connectivity index is 1.77. The van der Waals surface area contributed by atoms with E-state index in [2.05, 4.69) is 10.3 Å². The Kier molecular flexibility index (Phi) is 4.98. The lowest BCUT2D eigenvalue weighted by Gasteiger charge is -2.25. The molecule has 166 valence electrons. The number of imidazole rings is 1. The van der Waals surface area contributed by atoms with Gasteiger partial charge in [-0.3, -0.25) is 4.79 Å². The number of aromatic nitrogens is 2. The average molecular weight is 435 g/mol. The lowest BCUT2D eigenvalue weighted by molar-refractivity contribution is -0.118. The number of nitrogens with zero attached hydrogens (tertiary/aromatic N) is 3. The fourth-order valence-corrected chi connectivity index (χ4v) is 3.58. The van der Waals surface area contributed by atoms with E-state index in [1.165, 1.54) is 0 Å². The van der Waals surface area contributed by atoms with E-state index in [0.29, 0.717) is 22.8 Å². The molecular weight excluding hydrogens is 412 g/mol. The van der Waals surface area contributed by atoms with Crippen LogP contribution in [0, 0.1) is 0 Å². The number of rotatable bonds is 5. The lowest BCUT2D eigenvalue weighted by atomic mass is 10.1. The number of carbonyl (C=O) groups excluding carboxylic acids is 2. The Morgan fingerprint density at radius 2 is 2.10 bits per heavy atom. The van der Waals surface area contributed by atoms with Gasteiger partial charge in [-0.1, -0.05) is 0 Å². The highest BCUT2D eigenvalue weighted by Gasteiger charge is 2.43. The smallest absolute Gasteiger partial charge is 0.416 e. The highest BCUT2D eigenvalue weighted by Crippen LogP contribution is 2.40. The zero-order chi connectivity index (χ0) is 22.5. The van der Waals surface area contributed by atoms with Crippen molar-refractivity contribution < 1.29 is 27.8 Å². The van der Waals surface area contributed by atoms with Crippen molar-refractivity contribution >= 4 is 23.5 Å². The molecule has 2 aliphatic rings. The molecule has 0 aliphatic carbocycles. The Labute approximate surface area is 177 Å². The summed E-state index contributed by atoms with van der Waals surface area (Å²) in [5.74, 6) is 0.561. The zero-order valence-electron chi connectivity index (χ0n) is 17.3. The topological polar surface area (TPSA) is 112 Å². The third-order valence-corrected chi connectivity index (χ3v) is 5.40. The van der Waals surface area contributed by atoms with Crippen LogP contribution in [0.5, 0.6) is 5.75 Å². The van der Waals surface area contributed by atoms with Crippen molar-refractivity contribution in [2.24, 2.45) is 5.73 Å². The van der Waals surface area contributed by atoms with E-state index in [9.17, 15) is 18.4 Å². The summed E-state index contributed by atoms with van der Waals surface area (Å²) < 4.78 is 39.5. The van der Waals surface area contributed by atoms with E-state index in [1.807, 2.05) is 13.8 Å². The van der Waals surface area contributed by atoms with E-state index < -0.39 is 42.7 Å². The summed E-state index contributed by atoms with van der Waals surface area (Å²) >= 11 is 0. The second-order valence-electron chi connectivity index (χ2n) is 8.22. The molecule has 2 amide bonds. The van der Waals surface area contributed by atoms with Crippen molar-refractivity contribution in [1.82, 2.24) is 9.55 Å². The Morgan fingerprint density at radius 3 is 2.77 bits per heavy atom. The third kappa shape index (κ3) is 3.64. The highest BCUT2D eigenvalue weighted by atomic mass is 19.3. The number of cyclic esters (lactones) is 1. The van der Waals surface area contributed by atoms with Crippen LogP contribution >= 0.6 is 0 Å². The van der Waals surface area contributed by atoms with Crippen molar-refractivity contribution in [2.45, 2.75) is 44.8 Å². The molecule has 3 N–H and O–H groups in total. The van der Waals surface area contributed by atoms with Gasteiger partial charge >= 0.3 is 6.09 Å². The molecule has 1 saturated heterocycles. The van der Waals surface area contributed by atoms with Crippen molar-refractivity contribution in [3.05, 3.63) is 24.4 Å². The second-order valence-corrected chi connectivity index (χ2v) is 8.22. The van der Waals surface area contributed by atoms with Gasteiger partial charge in [0.2, 0.25) is 5.91 Å². The number of hydrogen-bond acceptors (Lipinski definition) is 6. The van der Waals surface area contributed by atoms with Crippen molar-refractivity contribution in [3.8, 4) is 17.1 Å². The molecule has 31 heavy (non-hydrogen) atoms. The van der Waals surface area contributed by atoms with E-state index in [0.717, 1.165) is 4.90 Å². The number of amides is 2. The molecular formula is C20H23F2N5O4. The van der Waals surface area contributed by atoms with E-state index >= 15 is 0 Å². The molecule has 2 atom stereocenters. The lowest BCUT2D eigenvalue weighted by Crippen LogP contribution is -2.39. The minimum atomic E-state index is -2.77. The number of nitrogens with two attached hydrogens (primary N) is 1. The first-order chi connectivity index (χ1) is 14.6. The van der Waals surface area contributed by atoms with Crippen LogP contribution in [0.25, 0.3) is 11.4 Å². The number of primary amides is 1. The van der Waals surface area contributed by atoms with Gasteiger partial charge in [-0.2, -0.15) is 0 Å². The monoisotopic (exact) mass is 435 g/mol. The molecule has 0 radical (unpaired) electrons. The zero-order valence-corrected chi connectivity index (χ0v) is 17.3. The number of hydrogen-bond donors (Lipinski definition) is 2. The van der Waals surface area contributed by atoms with E-state index in [-0.39, 0.29) is 12.4 Å². The number of ether oxygens (including phenoxy) is 2. The number of fused-ring (bicyclic) bond motifs is 3. The minimum absolute atomic E-state index is 0.0910. The molecule has 0 bridgehead atoms. The molecule has 1 aromatic heterocycles. The molecule has 9 nitrogen and oxygen atoms in total. The molecule has 11 heteroatoms. The van der Waals surface area contributed by atoms with Gasteiger partial charge < -0.3 is 25.1 Å². The number of benzene rings is 1. The SMILES string of the molecule is C[C@H](Nc1ccc2c(c1)OCC(C)(C)n1cc(N3C(=O)OC[C@H]3C(F)F)nc1-2)C(N)=O. The van der Waals surface area contributed by atoms with Crippen LogP contribution in [0.3, 0.4) is 0 Å². The van der Waals surface area contributed by atoms with Crippen LogP contribution < -0.4 is 20.7 Å². The Hall–Kier alpha value is -3.37. The quantitative estimate of drug-likeness (QED) is 0.747. The van der Waals surface area contributed by atoms with Crippen LogP contribution in [0.15, 0.2) is 24.4 Å². The summed E-state index contributed by atoms with van der Waals surface area (Å²) in [5, 5.41) is 3.00. The van der Waals surface area contributed by atoms with Gasteiger partial charge in [0.25, 0.3) is 6.43 Å². The number of carbonyl (C=O) groups is 2. The predicted octanol–water partition coefficient (Wildman–Crippen LogP) is 2.55. The maximum absolute atomic E-state index is 13.4. The molecule has 2 aromatic rings. The average Bonchev–Trinajstić information content (AvgIpc) is 3.28. The highest BCUT2D eigenvalue weighted by molar-refractivity contribution is 5.90. The standard InChI is InChI=1S/C20H23F2N5O4/c1-10(17(23)28)24-11-4-5-12-14(6-11)31-9-20(2,3)26-7-15(25-18(12)26)27-13(16(21)22)8-30-19(27)29/h4-7,10,13,16,24H,8-9H2,1-3H3,(H2,23,28)/t10-,13-/m0/s1. The molecule has 0 saturated carbocycles. The number of alkyl halides is 2. The van der Waals surface area contributed by atoms with Gasteiger partial charge in [0.05, 0.1) is 11.1 Å². The van der Waals surface area contributed by atoms with Crippen molar-refractivity contribution in [1.29, 1.82) is 0 Å². The maximum Gasteiger partial charge on any atom is 0.416 e. The van der Waals surface area contributed by atoms with Crippen LogP contribution in [0.4, 0.5) is 25.1 Å². The van der Waals surface area contributed by atoms with Gasteiger partial charge in [-0.25, -0.2) is 23.5 Å². The summed E-state index contributed by atoms with van der Waals surface area (Å²) in [4.78, 5) is 28.9. The summed E-state index contributed by atoms with van der Waals surface area (Å²) in [6.45, 7) is 5.34. The van der Waals surface area contributed by atoms with Crippen molar-refractivity contribution in [2.75, 3.05) is 23.4 Å². The largest absolute Gasteiger partial charge is 0.490 e. The molecule has 3 heterocycles. The number of halogens is 2. The summed E-state index contributed by atoms with van der Waals surface area (Å²) in [6, 6.07) is 3.24. The van der Waals surface area contributed by atoms with Crippen LogP contribution in [0.1, 0.15) is 20.8 Å². The number of nitrogens with one attached hydrogen (secondary N) is 1. The summed E-state index contributed by atoms with van der Waals surface area (Å²) in [5.41, 5.74) is 5.97. The molecule has 0 spiro atoms. The van der Waals surface area contributed by atoms with Crippen molar-refractivity contribution in [3.63, 3.8) is 0 Å². The second kappa shape index (κ2) is 7.40. The maximum atomic E-state index is 13.4. The molecule has 1 aromatic carbocycles. The van der Waals surface area contributed by atoms with Gasteiger partial charge in [-0.05, 0) is 32.9 Å². The van der Waals surface area contributed by atoms with Gasteiger partial charge in [0.1, 0.15) is 36.9 Å². The number of anilines is 2. The molecule has 4 rings (SSSR count). The van der Waals surface area contributed by atoms with Gasteiger partial charge in [0.15, 0.2) is 5.82 Å². The fraction of sp³-hybridized carbons (Fsp3) is 0.450. The fourth-order valence-electron chi connectivity index (χ4n) is 3.58. The van der Waals surface area contributed by atoms with Gasteiger partial charge in [-0.15, -0.1) is 0 Å². The first-order valence-corrected chi connectivity index (χ1v) is 9.75. The van der Waals surface area contributed by atoms with Gasteiger partial charge in [0, 0.05) is 18.0 Å². The predicted molar refractivity (Wildman–Crippen MR) is 108 cm³/mol. The molecule has 1 fully saturated rings. The first kappa shape index (κ1) is 20.9. The van der Waals surface area contributed by atoms with E-state index in [1.54, 1.807) is 35.9 Å².